The zero-order valence-corrected chi connectivity index (χ0v) is 11.5. The van der Waals surface area contributed by atoms with Crippen LogP contribution in [0.1, 0.15) is 55.8 Å². The van der Waals surface area contributed by atoms with Gasteiger partial charge in [0, 0.05) is 6.07 Å². The minimum absolute atomic E-state index is 0.257. The van der Waals surface area contributed by atoms with Crippen LogP contribution in [0, 0.1) is 0 Å². The van der Waals surface area contributed by atoms with E-state index in [0.717, 1.165) is 12.8 Å². The second kappa shape index (κ2) is 8.34. The van der Waals surface area contributed by atoms with Crippen molar-refractivity contribution in [2.45, 2.75) is 45.4 Å². The predicted molar refractivity (Wildman–Crippen MR) is 76.0 cm³/mol. The largest absolute Gasteiger partial charge is 0.478 e. The molecular weight excluding hydrogens is 242 g/mol. The van der Waals surface area contributed by atoms with Gasteiger partial charge in [-0.05, 0) is 6.42 Å². The molecule has 5 nitrogen and oxygen atoms in total. The van der Waals surface area contributed by atoms with Gasteiger partial charge in [-0.3, -0.25) is 4.79 Å². The van der Waals surface area contributed by atoms with Gasteiger partial charge in [0.25, 0.3) is 5.91 Å². The highest BCUT2D eigenvalue weighted by Gasteiger charge is 2.08. The fourth-order valence-corrected chi connectivity index (χ4v) is 1.80. The molecule has 1 aromatic rings. The lowest BCUT2D eigenvalue weighted by molar-refractivity contribution is 0.100. The Morgan fingerprint density at radius 2 is 1.95 bits per heavy atom. The summed E-state index contributed by atoms with van der Waals surface area (Å²) in [5.41, 5.74) is 11.3. The minimum Gasteiger partial charge on any atom is -0.478 e. The van der Waals surface area contributed by atoms with Gasteiger partial charge in [-0.2, -0.15) is 0 Å². The quantitative estimate of drug-likeness (QED) is 0.671. The Bertz CT molecular complexity index is 408. The van der Waals surface area contributed by atoms with Crippen LogP contribution >= 0.6 is 0 Å². The van der Waals surface area contributed by atoms with Gasteiger partial charge in [-0.1, -0.05) is 39.0 Å². The molecule has 0 saturated carbocycles. The Kier molecular flexibility index (Phi) is 6.71. The van der Waals surface area contributed by atoms with E-state index in [2.05, 4.69) is 11.9 Å². The maximum Gasteiger partial charge on any atom is 0.251 e. The number of amides is 1. The first kappa shape index (κ1) is 15.3. The van der Waals surface area contributed by atoms with E-state index < -0.39 is 5.91 Å². The first-order valence-electron chi connectivity index (χ1n) is 6.83. The predicted octanol–water partition coefficient (Wildman–Crippen LogP) is 2.50. The number of pyridine rings is 1. The number of hydrogen-bond donors (Lipinski definition) is 2. The standard InChI is InChI=1S/C14H23N3O2/c1-2-3-4-5-6-7-8-19-13-9-11(14(16)18)12(15)10-17-13/h9-10H,2-8,15H2,1H3,(H2,16,18). The Morgan fingerprint density at radius 1 is 1.26 bits per heavy atom. The molecule has 0 aromatic carbocycles. The number of aromatic nitrogens is 1. The van der Waals surface area contributed by atoms with Gasteiger partial charge >= 0.3 is 0 Å². The van der Waals surface area contributed by atoms with Crippen LogP contribution in [0.15, 0.2) is 12.3 Å². The van der Waals surface area contributed by atoms with Gasteiger partial charge in [-0.15, -0.1) is 0 Å². The molecule has 1 heterocycles. The van der Waals surface area contributed by atoms with Crippen LogP contribution in [0.25, 0.3) is 0 Å². The third kappa shape index (κ3) is 5.59. The van der Waals surface area contributed by atoms with E-state index in [9.17, 15) is 4.79 Å². The van der Waals surface area contributed by atoms with Crippen molar-refractivity contribution < 1.29 is 9.53 Å². The third-order valence-electron chi connectivity index (χ3n) is 2.92. The molecule has 0 fully saturated rings. The number of hydrogen-bond acceptors (Lipinski definition) is 4. The van der Waals surface area contributed by atoms with Crippen molar-refractivity contribution in [3.05, 3.63) is 17.8 Å². The van der Waals surface area contributed by atoms with Gasteiger partial charge < -0.3 is 16.2 Å². The lowest BCUT2D eigenvalue weighted by atomic mass is 10.1. The van der Waals surface area contributed by atoms with Crippen molar-refractivity contribution in [1.82, 2.24) is 4.98 Å². The molecular formula is C14H23N3O2. The van der Waals surface area contributed by atoms with Crippen molar-refractivity contribution in [2.24, 2.45) is 5.73 Å². The van der Waals surface area contributed by atoms with E-state index in [1.54, 1.807) is 0 Å². The molecule has 0 spiro atoms. The fourth-order valence-electron chi connectivity index (χ4n) is 1.80. The molecule has 0 aliphatic heterocycles. The maximum atomic E-state index is 11.1. The van der Waals surface area contributed by atoms with E-state index in [0.29, 0.717) is 12.5 Å². The monoisotopic (exact) mass is 265 g/mol. The summed E-state index contributed by atoms with van der Waals surface area (Å²) in [6.45, 7) is 2.80. The number of anilines is 1. The first-order chi connectivity index (χ1) is 9.15. The van der Waals surface area contributed by atoms with E-state index >= 15 is 0 Å². The molecule has 0 saturated heterocycles. The molecule has 0 atom stereocenters. The van der Waals surface area contributed by atoms with Crippen LogP contribution in [0.3, 0.4) is 0 Å². The smallest absolute Gasteiger partial charge is 0.251 e. The van der Waals surface area contributed by atoms with Crippen LogP contribution in [-0.4, -0.2) is 17.5 Å². The third-order valence-corrected chi connectivity index (χ3v) is 2.92. The summed E-state index contributed by atoms with van der Waals surface area (Å²) in [7, 11) is 0. The zero-order valence-electron chi connectivity index (χ0n) is 11.5. The Morgan fingerprint density at radius 3 is 2.63 bits per heavy atom. The molecule has 0 radical (unpaired) electrons. The number of primary amides is 1. The summed E-state index contributed by atoms with van der Waals surface area (Å²) in [5.74, 6) is -0.166. The average Bonchev–Trinajstić information content (AvgIpc) is 2.39. The van der Waals surface area contributed by atoms with E-state index in [4.69, 9.17) is 16.2 Å². The number of ether oxygens (including phenoxy) is 1. The summed E-state index contributed by atoms with van der Waals surface area (Å²) in [6, 6.07) is 1.49. The summed E-state index contributed by atoms with van der Waals surface area (Å²) < 4.78 is 5.48. The number of carbonyl (C=O) groups excluding carboxylic acids is 1. The van der Waals surface area contributed by atoms with Gasteiger partial charge in [0.2, 0.25) is 5.88 Å². The van der Waals surface area contributed by atoms with Crippen LogP contribution < -0.4 is 16.2 Å². The van der Waals surface area contributed by atoms with E-state index in [1.165, 1.54) is 37.9 Å². The summed E-state index contributed by atoms with van der Waals surface area (Å²) in [4.78, 5) is 15.1. The van der Waals surface area contributed by atoms with Gasteiger partial charge in [0.15, 0.2) is 0 Å². The molecule has 4 N–H and O–H groups in total. The number of carbonyl (C=O) groups is 1. The average molecular weight is 265 g/mol. The Hall–Kier alpha value is -1.78. The molecule has 0 aliphatic rings. The van der Waals surface area contributed by atoms with E-state index in [-0.39, 0.29) is 11.3 Å². The van der Waals surface area contributed by atoms with Gasteiger partial charge in [0.1, 0.15) is 0 Å². The highest BCUT2D eigenvalue weighted by atomic mass is 16.5. The van der Waals surface area contributed by atoms with Gasteiger partial charge in [-0.25, -0.2) is 4.98 Å². The minimum atomic E-state index is -0.565. The summed E-state index contributed by atoms with van der Waals surface area (Å²) >= 11 is 0. The van der Waals surface area contributed by atoms with Crippen molar-refractivity contribution in [3.63, 3.8) is 0 Å². The zero-order chi connectivity index (χ0) is 14.1. The number of unbranched alkanes of at least 4 members (excludes halogenated alkanes) is 5. The molecule has 19 heavy (non-hydrogen) atoms. The molecule has 0 bridgehead atoms. The second-order valence-electron chi connectivity index (χ2n) is 4.59. The molecule has 5 heteroatoms. The van der Waals surface area contributed by atoms with Crippen LogP contribution in [0.2, 0.25) is 0 Å². The fraction of sp³-hybridized carbons (Fsp3) is 0.571. The Labute approximate surface area is 114 Å². The van der Waals surface area contributed by atoms with Crippen molar-refractivity contribution in [3.8, 4) is 5.88 Å². The highest BCUT2D eigenvalue weighted by Crippen LogP contribution is 2.16. The van der Waals surface area contributed by atoms with Gasteiger partial charge in [0.05, 0.1) is 24.1 Å². The molecule has 0 unspecified atom stereocenters. The SMILES string of the molecule is CCCCCCCCOc1cc(C(N)=O)c(N)cn1. The topological polar surface area (TPSA) is 91.2 Å². The summed E-state index contributed by atoms with van der Waals surface area (Å²) in [5, 5.41) is 0. The molecule has 1 amide bonds. The normalized spacial score (nSPS) is 10.4. The van der Waals surface area contributed by atoms with E-state index in [1.807, 2.05) is 0 Å². The number of rotatable bonds is 9. The van der Waals surface area contributed by atoms with Crippen molar-refractivity contribution >= 4 is 11.6 Å². The maximum absolute atomic E-state index is 11.1. The van der Waals surface area contributed by atoms with Crippen molar-refractivity contribution in [1.29, 1.82) is 0 Å². The highest BCUT2D eigenvalue weighted by molar-refractivity contribution is 5.97. The van der Waals surface area contributed by atoms with Crippen LogP contribution in [-0.2, 0) is 0 Å². The summed E-state index contributed by atoms with van der Waals surface area (Å²) in [6.07, 6.45) is 8.60. The molecule has 1 aromatic heterocycles. The second-order valence-corrected chi connectivity index (χ2v) is 4.59. The number of nitrogen functional groups attached to an aromatic ring is 1. The lowest BCUT2D eigenvalue weighted by Crippen LogP contribution is -2.14. The van der Waals surface area contributed by atoms with Crippen LogP contribution in [0.4, 0.5) is 5.69 Å². The van der Waals surface area contributed by atoms with Crippen molar-refractivity contribution in [2.75, 3.05) is 12.3 Å². The molecule has 106 valence electrons. The van der Waals surface area contributed by atoms with Crippen LogP contribution in [0.5, 0.6) is 5.88 Å². The molecule has 1 rings (SSSR count). The Balaban J connectivity index is 2.30. The lowest BCUT2D eigenvalue weighted by Gasteiger charge is -2.07. The first-order valence-corrected chi connectivity index (χ1v) is 6.83. The molecule has 0 aliphatic carbocycles. The number of nitrogens with zero attached hydrogens (tertiary/aromatic N) is 1. The number of nitrogens with two attached hydrogens (primary N) is 2.